The third kappa shape index (κ3) is 4.20. The van der Waals surface area contributed by atoms with Crippen molar-refractivity contribution in [1.82, 2.24) is 14.9 Å². The number of aromatic nitrogens is 2. The number of para-hydroxylation sites is 1. The third-order valence-electron chi connectivity index (χ3n) is 6.43. The number of aromatic amines is 1. The molecule has 2 aromatic carbocycles. The quantitative estimate of drug-likeness (QED) is 0.443. The number of ether oxygens (including phenoxy) is 1. The first-order valence-electron chi connectivity index (χ1n) is 11.1. The van der Waals surface area contributed by atoms with Crippen molar-refractivity contribution < 1.29 is 9.84 Å². The number of likely N-dealkylation sites (tertiary alicyclic amines) is 1. The fourth-order valence-electron chi connectivity index (χ4n) is 4.69. The molecule has 4 aromatic rings. The summed E-state index contributed by atoms with van der Waals surface area (Å²) in [5.74, 6) is 1.32. The fraction of sp³-hybridized carbons (Fsp3) is 0.400. The lowest BCUT2D eigenvalue weighted by Gasteiger charge is -2.38. The normalized spacial score (nSPS) is 21.0. The lowest BCUT2D eigenvalue weighted by Crippen LogP contribution is -2.45. The van der Waals surface area contributed by atoms with Crippen LogP contribution in [-0.4, -0.2) is 51.8 Å². The van der Waals surface area contributed by atoms with Gasteiger partial charge < -0.3 is 14.8 Å². The van der Waals surface area contributed by atoms with Crippen LogP contribution in [0.2, 0.25) is 0 Å². The number of benzene rings is 2. The summed E-state index contributed by atoms with van der Waals surface area (Å²) in [5, 5.41) is 12.9. The topological polar surface area (TPSA) is 61.4 Å². The van der Waals surface area contributed by atoms with Gasteiger partial charge in [0.15, 0.2) is 0 Å². The first-order chi connectivity index (χ1) is 15.1. The predicted octanol–water partition coefficient (Wildman–Crippen LogP) is 5.09. The zero-order chi connectivity index (χ0) is 21.4. The summed E-state index contributed by atoms with van der Waals surface area (Å²) in [6, 6.07) is 14.8. The van der Waals surface area contributed by atoms with Crippen molar-refractivity contribution in [2.45, 2.75) is 44.8 Å². The summed E-state index contributed by atoms with van der Waals surface area (Å²) in [5.41, 5.74) is 3.46. The number of fused-ring (bicyclic) bond motifs is 2. The SMILES string of the molecule is Cc1cccc2sc([C@H]3CCN(CC(O)COc4cccc5[nH]ccc45)[C@@H](C)C3)nc12. The van der Waals surface area contributed by atoms with Crippen molar-refractivity contribution in [3.8, 4) is 5.75 Å². The Morgan fingerprint density at radius 3 is 2.97 bits per heavy atom. The monoisotopic (exact) mass is 435 g/mol. The van der Waals surface area contributed by atoms with E-state index in [-0.39, 0.29) is 0 Å². The van der Waals surface area contributed by atoms with Crippen molar-refractivity contribution in [2.24, 2.45) is 0 Å². The van der Waals surface area contributed by atoms with E-state index < -0.39 is 6.10 Å². The second kappa shape index (κ2) is 8.61. The van der Waals surface area contributed by atoms with E-state index in [1.807, 2.05) is 41.8 Å². The molecule has 0 bridgehead atoms. The maximum absolute atomic E-state index is 10.6. The molecule has 2 aromatic heterocycles. The van der Waals surface area contributed by atoms with Gasteiger partial charge in [0.1, 0.15) is 18.5 Å². The number of nitrogens with one attached hydrogen (secondary N) is 1. The molecule has 1 aliphatic heterocycles. The van der Waals surface area contributed by atoms with Crippen LogP contribution in [0.15, 0.2) is 48.7 Å². The highest BCUT2D eigenvalue weighted by Gasteiger charge is 2.29. The lowest BCUT2D eigenvalue weighted by atomic mass is 9.92. The largest absolute Gasteiger partial charge is 0.490 e. The number of hydrogen-bond acceptors (Lipinski definition) is 5. The van der Waals surface area contributed by atoms with Gasteiger partial charge in [-0.2, -0.15) is 0 Å². The van der Waals surface area contributed by atoms with Crippen molar-refractivity contribution in [2.75, 3.05) is 19.7 Å². The number of β-amino-alcohol motifs (C(OH)–C–C–N with tert-alkyl or cyclic N) is 1. The Hall–Kier alpha value is -2.41. The van der Waals surface area contributed by atoms with Gasteiger partial charge in [-0.05, 0) is 63.1 Å². The molecule has 1 saturated heterocycles. The maximum atomic E-state index is 10.6. The summed E-state index contributed by atoms with van der Waals surface area (Å²) in [6.07, 6.45) is 3.56. The van der Waals surface area contributed by atoms with Crippen LogP contribution in [-0.2, 0) is 0 Å². The van der Waals surface area contributed by atoms with Crippen molar-refractivity contribution >= 4 is 32.5 Å². The highest BCUT2D eigenvalue weighted by molar-refractivity contribution is 7.18. The highest BCUT2D eigenvalue weighted by atomic mass is 32.1. The van der Waals surface area contributed by atoms with Gasteiger partial charge in [0.2, 0.25) is 0 Å². The minimum atomic E-state index is -0.515. The minimum absolute atomic E-state index is 0.300. The molecule has 0 amide bonds. The summed E-state index contributed by atoms with van der Waals surface area (Å²) < 4.78 is 7.23. The minimum Gasteiger partial charge on any atom is -0.490 e. The number of aryl methyl sites for hydroxylation is 1. The van der Waals surface area contributed by atoms with Crippen LogP contribution < -0.4 is 4.74 Å². The lowest BCUT2D eigenvalue weighted by molar-refractivity contribution is 0.0406. The van der Waals surface area contributed by atoms with Crippen LogP contribution in [0.1, 0.15) is 36.3 Å². The molecule has 3 atom stereocenters. The number of rotatable bonds is 6. The molecule has 2 N–H and O–H groups in total. The summed E-state index contributed by atoms with van der Waals surface area (Å²) in [7, 11) is 0. The molecule has 1 fully saturated rings. The number of H-pyrrole nitrogens is 1. The number of hydrogen-bond donors (Lipinski definition) is 2. The molecular formula is C25H29N3O2S. The summed E-state index contributed by atoms with van der Waals surface area (Å²) in [6.45, 7) is 6.31. The molecule has 0 saturated carbocycles. The van der Waals surface area contributed by atoms with Gasteiger partial charge in [0.05, 0.1) is 15.2 Å². The maximum Gasteiger partial charge on any atom is 0.128 e. The van der Waals surface area contributed by atoms with Crippen LogP contribution in [0.25, 0.3) is 21.1 Å². The Morgan fingerprint density at radius 1 is 1.26 bits per heavy atom. The fourth-order valence-corrected chi connectivity index (χ4v) is 5.88. The zero-order valence-corrected chi connectivity index (χ0v) is 18.9. The average molecular weight is 436 g/mol. The Morgan fingerprint density at radius 2 is 2.13 bits per heavy atom. The summed E-state index contributed by atoms with van der Waals surface area (Å²) >= 11 is 1.84. The molecule has 5 nitrogen and oxygen atoms in total. The van der Waals surface area contributed by atoms with Crippen LogP contribution in [0.3, 0.4) is 0 Å². The van der Waals surface area contributed by atoms with E-state index in [2.05, 4.69) is 41.9 Å². The number of aliphatic hydroxyl groups is 1. The molecule has 162 valence electrons. The summed E-state index contributed by atoms with van der Waals surface area (Å²) in [4.78, 5) is 10.5. The van der Waals surface area contributed by atoms with E-state index in [4.69, 9.17) is 9.72 Å². The van der Waals surface area contributed by atoms with E-state index in [9.17, 15) is 5.11 Å². The van der Waals surface area contributed by atoms with E-state index in [0.717, 1.165) is 41.6 Å². The zero-order valence-electron chi connectivity index (χ0n) is 18.0. The van der Waals surface area contributed by atoms with Crippen LogP contribution in [0.4, 0.5) is 0 Å². The first kappa shape index (κ1) is 20.5. The molecule has 1 unspecified atom stereocenters. The van der Waals surface area contributed by atoms with Gasteiger partial charge in [-0.15, -0.1) is 11.3 Å². The standard InChI is InChI=1S/C25H29N3O2S/c1-16-5-3-8-23-24(16)27-25(31-23)18-10-12-28(17(2)13-18)14-19(29)15-30-22-7-4-6-21-20(22)9-11-26-21/h3-9,11,17-19,26,29H,10,12-15H2,1-2H3/t17-,18-,19?/m0/s1. The van der Waals surface area contributed by atoms with Crippen molar-refractivity contribution in [1.29, 1.82) is 0 Å². The molecule has 31 heavy (non-hydrogen) atoms. The number of piperidine rings is 1. The van der Waals surface area contributed by atoms with Crippen LogP contribution in [0, 0.1) is 6.92 Å². The molecule has 0 spiro atoms. The average Bonchev–Trinajstić information content (AvgIpc) is 3.41. The van der Waals surface area contributed by atoms with Gasteiger partial charge in [-0.3, -0.25) is 4.90 Å². The highest BCUT2D eigenvalue weighted by Crippen LogP contribution is 2.36. The van der Waals surface area contributed by atoms with E-state index in [1.54, 1.807) is 0 Å². The molecule has 0 radical (unpaired) electrons. The van der Waals surface area contributed by atoms with Crippen LogP contribution >= 0.6 is 11.3 Å². The molecule has 3 heterocycles. The predicted molar refractivity (Wildman–Crippen MR) is 127 cm³/mol. The smallest absolute Gasteiger partial charge is 0.128 e. The molecule has 5 rings (SSSR count). The van der Waals surface area contributed by atoms with Crippen molar-refractivity contribution in [3.05, 3.63) is 59.2 Å². The third-order valence-corrected chi connectivity index (χ3v) is 7.61. The second-order valence-corrected chi connectivity index (χ2v) is 9.76. The Balaban J connectivity index is 1.18. The molecule has 6 heteroatoms. The van der Waals surface area contributed by atoms with Gasteiger partial charge in [-0.25, -0.2) is 4.98 Å². The van der Waals surface area contributed by atoms with E-state index in [0.29, 0.717) is 25.1 Å². The van der Waals surface area contributed by atoms with Gasteiger partial charge >= 0.3 is 0 Å². The number of thiazole rings is 1. The van der Waals surface area contributed by atoms with E-state index >= 15 is 0 Å². The van der Waals surface area contributed by atoms with Gasteiger partial charge in [-0.1, -0.05) is 18.2 Å². The molecule has 0 aliphatic carbocycles. The molecule has 1 aliphatic rings. The number of nitrogens with zero attached hydrogens (tertiary/aromatic N) is 2. The van der Waals surface area contributed by atoms with Crippen LogP contribution in [0.5, 0.6) is 5.75 Å². The number of aliphatic hydroxyl groups excluding tert-OH is 1. The first-order valence-corrected chi connectivity index (χ1v) is 11.9. The van der Waals surface area contributed by atoms with Gasteiger partial charge in [0, 0.05) is 35.6 Å². The van der Waals surface area contributed by atoms with Crippen molar-refractivity contribution in [3.63, 3.8) is 0 Å². The second-order valence-electron chi connectivity index (χ2n) is 8.70. The Labute approximate surface area is 186 Å². The Kier molecular flexibility index (Phi) is 5.69. The molecular weight excluding hydrogens is 406 g/mol. The Bertz CT molecular complexity index is 1180. The van der Waals surface area contributed by atoms with E-state index in [1.165, 1.54) is 15.3 Å². The van der Waals surface area contributed by atoms with Gasteiger partial charge in [0.25, 0.3) is 0 Å².